The van der Waals surface area contributed by atoms with Crippen LogP contribution in [0, 0.1) is 0 Å². The fourth-order valence-electron chi connectivity index (χ4n) is 2.28. The smallest absolute Gasteiger partial charge is 0.338 e. The third kappa shape index (κ3) is 3.54. The molecule has 0 unspecified atom stereocenters. The number of aromatic nitrogens is 2. The Hall–Kier alpha value is -2.32. The van der Waals surface area contributed by atoms with Crippen LogP contribution in [0.1, 0.15) is 24.2 Å². The molecule has 0 amide bonds. The fourth-order valence-corrected chi connectivity index (χ4v) is 3.04. The van der Waals surface area contributed by atoms with E-state index in [4.69, 9.17) is 17.0 Å². The molecular weight excluding hydrogens is 332 g/mol. The van der Waals surface area contributed by atoms with Crippen molar-refractivity contribution in [2.45, 2.75) is 19.6 Å². The van der Waals surface area contributed by atoms with Gasteiger partial charge >= 0.3 is 5.97 Å². The van der Waals surface area contributed by atoms with Crippen molar-refractivity contribution in [3.05, 3.63) is 58.2 Å². The molecule has 2 heterocycles. The van der Waals surface area contributed by atoms with E-state index in [-0.39, 0.29) is 6.61 Å². The number of esters is 1. The van der Waals surface area contributed by atoms with E-state index in [9.17, 15) is 4.79 Å². The molecule has 1 aromatic heterocycles. The summed E-state index contributed by atoms with van der Waals surface area (Å²) >= 11 is 6.38. The van der Waals surface area contributed by atoms with E-state index in [1.54, 1.807) is 12.3 Å². The number of nitrogens with zero attached hydrogens (tertiary/aromatic N) is 2. The van der Waals surface area contributed by atoms with Crippen LogP contribution < -0.4 is 10.6 Å². The second kappa shape index (κ2) is 6.84. The van der Waals surface area contributed by atoms with E-state index in [1.165, 1.54) is 11.5 Å². The van der Waals surface area contributed by atoms with Gasteiger partial charge in [-0.05, 0) is 36.2 Å². The quantitative estimate of drug-likeness (QED) is 0.648. The third-order valence-corrected chi connectivity index (χ3v) is 4.12. The molecule has 3 rings (SSSR count). The van der Waals surface area contributed by atoms with Gasteiger partial charge in [0.25, 0.3) is 0 Å². The number of allylic oxidation sites excluding steroid dienone is 1. The highest BCUT2D eigenvalue weighted by molar-refractivity contribution is 7.80. The van der Waals surface area contributed by atoms with Crippen LogP contribution in [0.3, 0.4) is 0 Å². The fraction of sp³-hybridized carbons (Fsp3) is 0.200. The molecule has 0 aliphatic carbocycles. The molecule has 0 saturated carbocycles. The molecular formula is C15H14N4O2S2. The van der Waals surface area contributed by atoms with Crippen molar-refractivity contribution in [3.8, 4) is 0 Å². The average Bonchev–Trinajstić information content (AvgIpc) is 3.07. The van der Waals surface area contributed by atoms with E-state index < -0.39 is 12.0 Å². The minimum absolute atomic E-state index is 0.211. The van der Waals surface area contributed by atoms with Crippen LogP contribution in [0.15, 0.2) is 47.0 Å². The van der Waals surface area contributed by atoms with Gasteiger partial charge in [0.2, 0.25) is 0 Å². The zero-order valence-corrected chi connectivity index (χ0v) is 13.9. The second-order valence-electron chi connectivity index (χ2n) is 4.96. The van der Waals surface area contributed by atoms with Gasteiger partial charge in [-0.3, -0.25) is 0 Å². The molecule has 1 atom stereocenters. The predicted octanol–water partition coefficient (Wildman–Crippen LogP) is 2.07. The number of thiocarbonyl (C=S) groups is 1. The topological polar surface area (TPSA) is 76.1 Å². The highest BCUT2D eigenvalue weighted by Crippen LogP contribution is 2.27. The Morgan fingerprint density at radius 1 is 1.39 bits per heavy atom. The number of benzene rings is 1. The average molecular weight is 346 g/mol. The molecule has 8 heteroatoms. The summed E-state index contributed by atoms with van der Waals surface area (Å²) in [7, 11) is 0. The summed E-state index contributed by atoms with van der Waals surface area (Å²) in [6.07, 6.45) is 0. The van der Waals surface area contributed by atoms with E-state index in [0.717, 1.165) is 5.56 Å². The van der Waals surface area contributed by atoms with Crippen molar-refractivity contribution in [3.63, 3.8) is 0 Å². The maximum Gasteiger partial charge on any atom is 0.338 e. The lowest BCUT2D eigenvalue weighted by atomic mass is 10.0. The van der Waals surface area contributed by atoms with Gasteiger partial charge < -0.3 is 15.4 Å². The van der Waals surface area contributed by atoms with Crippen molar-refractivity contribution in [1.82, 2.24) is 20.2 Å². The number of ether oxygens (including phenoxy) is 1. The van der Waals surface area contributed by atoms with Crippen LogP contribution in [0.2, 0.25) is 0 Å². The number of rotatable bonds is 4. The lowest BCUT2D eigenvalue weighted by Crippen LogP contribution is -2.45. The first kappa shape index (κ1) is 15.6. The van der Waals surface area contributed by atoms with E-state index in [1.807, 2.05) is 30.3 Å². The first-order valence-corrected chi connectivity index (χ1v) is 8.16. The molecule has 1 aromatic carbocycles. The van der Waals surface area contributed by atoms with Crippen molar-refractivity contribution in [2.24, 2.45) is 0 Å². The number of hydrogen-bond acceptors (Lipinski definition) is 6. The molecule has 6 nitrogen and oxygen atoms in total. The maximum absolute atomic E-state index is 12.5. The predicted molar refractivity (Wildman–Crippen MR) is 90.5 cm³/mol. The van der Waals surface area contributed by atoms with Gasteiger partial charge in [-0.2, -0.15) is 0 Å². The lowest BCUT2D eigenvalue weighted by Gasteiger charge is -2.28. The normalized spacial score (nSPS) is 17.4. The number of carbonyl (C=O) groups excluding carboxylic acids is 1. The molecule has 0 spiro atoms. The van der Waals surface area contributed by atoms with Crippen molar-refractivity contribution >= 4 is 34.8 Å². The van der Waals surface area contributed by atoms with Crippen LogP contribution in [-0.2, 0) is 16.1 Å². The van der Waals surface area contributed by atoms with Crippen LogP contribution >= 0.6 is 23.8 Å². The minimum atomic E-state index is -0.453. The highest BCUT2D eigenvalue weighted by atomic mass is 32.1. The van der Waals surface area contributed by atoms with Crippen LogP contribution in [0.4, 0.5) is 0 Å². The van der Waals surface area contributed by atoms with Gasteiger partial charge in [0.15, 0.2) is 5.11 Å². The van der Waals surface area contributed by atoms with Gasteiger partial charge in [0.05, 0.1) is 5.57 Å². The summed E-state index contributed by atoms with van der Waals surface area (Å²) in [5, 5.41) is 12.3. The Balaban J connectivity index is 1.81. The SMILES string of the molecule is CC1=C(C(=O)OCc2ccccc2)[C@H](c2csnn2)NC(=S)N1. The van der Waals surface area contributed by atoms with Gasteiger partial charge in [0, 0.05) is 11.1 Å². The van der Waals surface area contributed by atoms with E-state index >= 15 is 0 Å². The Kier molecular flexibility index (Phi) is 4.63. The molecule has 118 valence electrons. The Morgan fingerprint density at radius 3 is 2.87 bits per heavy atom. The van der Waals surface area contributed by atoms with Crippen molar-refractivity contribution in [1.29, 1.82) is 0 Å². The molecule has 0 fully saturated rings. The van der Waals surface area contributed by atoms with Crippen LogP contribution in [0.25, 0.3) is 0 Å². The summed E-state index contributed by atoms with van der Waals surface area (Å²) < 4.78 is 9.28. The zero-order valence-electron chi connectivity index (χ0n) is 12.3. The minimum Gasteiger partial charge on any atom is -0.457 e. The van der Waals surface area contributed by atoms with Crippen LogP contribution in [-0.4, -0.2) is 20.7 Å². The summed E-state index contributed by atoms with van der Waals surface area (Å²) in [4.78, 5) is 12.5. The van der Waals surface area contributed by atoms with Gasteiger partial charge in [-0.15, -0.1) is 5.10 Å². The number of carbonyl (C=O) groups is 1. The molecule has 2 aromatic rings. The summed E-state index contributed by atoms with van der Waals surface area (Å²) in [5.41, 5.74) is 2.69. The van der Waals surface area contributed by atoms with Gasteiger partial charge in [-0.25, -0.2) is 4.79 Å². The molecule has 0 saturated heterocycles. The second-order valence-corrected chi connectivity index (χ2v) is 5.98. The van der Waals surface area contributed by atoms with Crippen LogP contribution in [0.5, 0.6) is 0 Å². The van der Waals surface area contributed by atoms with E-state index in [2.05, 4.69) is 20.2 Å². The largest absolute Gasteiger partial charge is 0.457 e. The van der Waals surface area contributed by atoms with Gasteiger partial charge in [0.1, 0.15) is 18.3 Å². The lowest BCUT2D eigenvalue weighted by molar-refractivity contribution is -0.140. The first-order chi connectivity index (χ1) is 11.1. The molecule has 1 aliphatic heterocycles. The first-order valence-electron chi connectivity index (χ1n) is 6.91. The summed E-state index contributed by atoms with van der Waals surface area (Å²) in [6.45, 7) is 2.00. The Labute approximate surface area is 142 Å². The monoisotopic (exact) mass is 346 g/mol. The highest BCUT2D eigenvalue weighted by Gasteiger charge is 2.32. The molecule has 1 aliphatic rings. The maximum atomic E-state index is 12.5. The number of hydrogen-bond donors (Lipinski definition) is 2. The summed E-state index contributed by atoms with van der Waals surface area (Å²) in [6, 6.07) is 9.08. The number of nitrogens with one attached hydrogen (secondary N) is 2. The summed E-state index contributed by atoms with van der Waals surface area (Å²) in [5.74, 6) is -0.410. The van der Waals surface area contributed by atoms with Gasteiger partial charge in [-0.1, -0.05) is 34.8 Å². The van der Waals surface area contributed by atoms with Crippen molar-refractivity contribution < 1.29 is 9.53 Å². The standard InChI is InChI=1S/C15H14N4O2S2/c1-9-12(14(20)21-7-10-5-3-2-4-6-10)13(17-15(22)16-9)11-8-23-19-18-11/h2-6,8,13H,7H2,1H3,(H2,16,17,22)/t13-/m0/s1. The Bertz CT molecular complexity index is 744. The molecule has 23 heavy (non-hydrogen) atoms. The van der Waals surface area contributed by atoms with E-state index in [0.29, 0.717) is 22.1 Å². The van der Waals surface area contributed by atoms with Crippen molar-refractivity contribution in [2.75, 3.05) is 0 Å². The third-order valence-electron chi connectivity index (χ3n) is 3.37. The molecule has 0 radical (unpaired) electrons. The zero-order chi connectivity index (χ0) is 16.2. The Morgan fingerprint density at radius 2 is 2.17 bits per heavy atom. The molecule has 0 bridgehead atoms. The molecule has 2 N–H and O–H groups in total.